The summed E-state index contributed by atoms with van der Waals surface area (Å²) in [4.78, 5) is 2.12. The van der Waals surface area contributed by atoms with Gasteiger partial charge in [0.05, 0.1) is 12.7 Å². The molecule has 1 aliphatic heterocycles. The number of rotatable bonds is 6. The molecule has 0 radical (unpaired) electrons. The van der Waals surface area contributed by atoms with Crippen molar-refractivity contribution >= 4 is 0 Å². The van der Waals surface area contributed by atoms with Crippen molar-refractivity contribution in [3.8, 4) is 5.75 Å². The fourth-order valence-corrected chi connectivity index (χ4v) is 3.41. The second-order valence-corrected chi connectivity index (χ2v) is 6.48. The van der Waals surface area contributed by atoms with Gasteiger partial charge in [-0.25, -0.2) is 0 Å². The first-order valence-electron chi connectivity index (χ1n) is 8.14. The van der Waals surface area contributed by atoms with Crippen molar-refractivity contribution in [3.63, 3.8) is 0 Å². The highest BCUT2D eigenvalue weighted by Crippen LogP contribution is 2.35. The van der Waals surface area contributed by atoms with E-state index >= 15 is 0 Å². The molecule has 4 nitrogen and oxygen atoms in total. The molecule has 0 aliphatic carbocycles. The van der Waals surface area contributed by atoms with E-state index in [4.69, 9.17) is 0 Å². The van der Waals surface area contributed by atoms with E-state index in [-0.39, 0.29) is 12.4 Å². The summed E-state index contributed by atoms with van der Waals surface area (Å²) in [5, 5.41) is 20.0. The van der Waals surface area contributed by atoms with E-state index in [2.05, 4.69) is 9.64 Å². The normalized spacial score (nSPS) is 25.7. The Balaban J connectivity index is 2.00. The lowest BCUT2D eigenvalue weighted by atomic mass is 9.74. The molecule has 24 heavy (non-hydrogen) atoms. The molecular formula is C17H24F3NO3. The van der Waals surface area contributed by atoms with E-state index in [0.717, 1.165) is 18.4 Å². The average Bonchev–Trinajstić information content (AvgIpc) is 2.51. The molecule has 0 saturated carbocycles. The van der Waals surface area contributed by atoms with Crippen LogP contribution in [0.5, 0.6) is 5.75 Å². The van der Waals surface area contributed by atoms with Crippen LogP contribution in [0.2, 0.25) is 0 Å². The summed E-state index contributed by atoms with van der Waals surface area (Å²) in [5.41, 5.74) is 0.344. The van der Waals surface area contributed by atoms with Crippen LogP contribution in [-0.4, -0.2) is 47.3 Å². The molecule has 1 heterocycles. The molecule has 2 atom stereocenters. The lowest BCUT2D eigenvalue weighted by Gasteiger charge is -2.45. The van der Waals surface area contributed by atoms with E-state index < -0.39 is 17.9 Å². The Morgan fingerprint density at radius 3 is 2.50 bits per heavy atom. The monoisotopic (exact) mass is 347 g/mol. The number of hydrogen-bond donors (Lipinski definition) is 2. The first-order chi connectivity index (χ1) is 11.3. The van der Waals surface area contributed by atoms with Crippen LogP contribution in [0.3, 0.4) is 0 Å². The van der Waals surface area contributed by atoms with E-state index in [1.54, 1.807) is 12.1 Å². The summed E-state index contributed by atoms with van der Waals surface area (Å²) < 4.78 is 40.4. The number of halogens is 3. The van der Waals surface area contributed by atoms with Crippen molar-refractivity contribution in [1.29, 1.82) is 0 Å². The summed E-state index contributed by atoms with van der Waals surface area (Å²) >= 11 is 0. The van der Waals surface area contributed by atoms with Gasteiger partial charge in [0.15, 0.2) is 0 Å². The first kappa shape index (κ1) is 19.0. The van der Waals surface area contributed by atoms with Crippen molar-refractivity contribution in [2.75, 3.05) is 19.7 Å². The second kappa shape index (κ2) is 7.72. The maximum atomic E-state index is 12.2. The molecule has 1 aromatic carbocycles. The number of likely N-dealkylation sites (tertiary alicyclic amines) is 1. The van der Waals surface area contributed by atoms with Gasteiger partial charge in [0.2, 0.25) is 0 Å². The highest BCUT2D eigenvalue weighted by molar-refractivity contribution is 5.27. The Morgan fingerprint density at radius 2 is 1.96 bits per heavy atom. The molecule has 7 heteroatoms. The minimum absolute atomic E-state index is 0.0726. The predicted molar refractivity (Wildman–Crippen MR) is 83.5 cm³/mol. The Labute approximate surface area is 139 Å². The fourth-order valence-electron chi connectivity index (χ4n) is 3.41. The minimum atomic E-state index is -4.69. The molecule has 1 aliphatic rings. The van der Waals surface area contributed by atoms with E-state index in [1.165, 1.54) is 12.1 Å². The Bertz CT molecular complexity index is 521. The average molecular weight is 347 g/mol. The van der Waals surface area contributed by atoms with Crippen molar-refractivity contribution in [2.45, 2.75) is 45.2 Å². The topological polar surface area (TPSA) is 52.9 Å². The summed E-state index contributed by atoms with van der Waals surface area (Å²) in [5.74, 6) is -0.240. The van der Waals surface area contributed by atoms with Gasteiger partial charge in [-0.3, -0.25) is 4.90 Å². The van der Waals surface area contributed by atoms with E-state index in [0.29, 0.717) is 26.1 Å². The number of nitrogens with zero attached hydrogens (tertiary/aromatic N) is 1. The third kappa shape index (κ3) is 4.84. The number of hydrogen-bond acceptors (Lipinski definition) is 4. The number of benzene rings is 1. The molecule has 1 aromatic rings. The Hall–Kier alpha value is -1.31. The molecule has 0 spiro atoms. The molecule has 2 N–H and O–H groups in total. The SMILES string of the molecule is CCC[C@@]1(CO)CN(Cc2ccc(OC(F)(F)F)cc2)CC[C@@H]1O. The lowest BCUT2D eigenvalue weighted by Crippen LogP contribution is -2.53. The van der Waals surface area contributed by atoms with Gasteiger partial charge >= 0.3 is 6.36 Å². The van der Waals surface area contributed by atoms with E-state index in [1.807, 2.05) is 6.92 Å². The second-order valence-electron chi connectivity index (χ2n) is 6.48. The van der Waals surface area contributed by atoms with Crippen LogP contribution in [0.25, 0.3) is 0 Å². The van der Waals surface area contributed by atoms with Crippen molar-refractivity contribution in [2.24, 2.45) is 5.41 Å². The number of alkyl halides is 3. The quantitative estimate of drug-likeness (QED) is 0.831. The maximum Gasteiger partial charge on any atom is 0.573 e. The van der Waals surface area contributed by atoms with Gasteiger partial charge in [0.1, 0.15) is 5.75 Å². The standard InChI is InChI=1S/C17H24F3NO3/c1-2-8-16(12-22)11-21(9-7-15(16)23)10-13-3-5-14(6-4-13)24-17(18,19)20/h3-6,15,22-23H,2,7-12H2,1H3/t15-,16-/m0/s1. The number of aliphatic hydroxyl groups excluding tert-OH is 2. The van der Waals surface area contributed by atoms with Crippen LogP contribution >= 0.6 is 0 Å². The summed E-state index contributed by atoms with van der Waals surface area (Å²) in [6, 6.07) is 5.80. The number of ether oxygens (including phenoxy) is 1. The largest absolute Gasteiger partial charge is 0.573 e. The molecule has 0 aromatic heterocycles. The van der Waals surface area contributed by atoms with Gasteiger partial charge in [-0.05, 0) is 30.5 Å². The van der Waals surface area contributed by atoms with Crippen molar-refractivity contribution in [3.05, 3.63) is 29.8 Å². The highest BCUT2D eigenvalue weighted by atomic mass is 19.4. The van der Waals surface area contributed by atoms with Gasteiger partial charge in [-0.15, -0.1) is 13.2 Å². The molecule has 136 valence electrons. The highest BCUT2D eigenvalue weighted by Gasteiger charge is 2.41. The lowest BCUT2D eigenvalue weighted by molar-refractivity contribution is -0.274. The van der Waals surface area contributed by atoms with Gasteiger partial charge < -0.3 is 14.9 Å². The van der Waals surface area contributed by atoms with Gasteiger partial charge in [-0.1, -0.05) is 25.5 Å². The summed E-state index contributed by atoms with van der Waals surface area (Å²) in [7, 11) is 0. The van der Waals surface area contributed by atoms with Crippen molar-refractivity contribution in [1.82, 2.24) is 4.90 Å². The Morgan fingerprint density at radius 1 is 1.29 bits per heavy atom. The minimum Gasteiger partial charge on any atom is -0.406 e. The summed E-state index contributed by atoms with van der Waals surface area (Å²) in [6.07, 6.45) is -3.03. The molecular weight excluding hydrogens is 323 g/mol. The maximum absolute atomic E-state index is 12.2. The Kier molecular flexibility index (Phi) is 6.11. The van der Waals surface area contributed by atoms with Gasteiger partial charge in [0, 0.05) is 25.0 Å². The van der Waals surface area contributed by atoms with Crippen molar-refractivity contribution < 1.29 is 28.1 Å². The molecule has 0 amide bonds. The third-order valence-electron chi connectivity index (χ3n) is 4.59. The van der Waals surface area contributed by atoms with Crippen LogP contribution in [0.1, 0.15) is 31.7 Å². The molecule has 0 bridgehead atoms. The zero-order valence-corrected chi connectivity index (χ0v) is 13.7. The third-order valence-corrected chi connectivity index (χ3v) is 4.59. The first-order valence-corrected chi connectivity index (χ1v) is 8.14. The van der Waals surface area contributed by atoms with Gasteiger partial charge in [0.25, 0.3) is 0 Å². The van der Waals surface area contributed by atoms with Gasteiger partial charge in [-0.2, -0.15) is 0 Å². The molecule has 1 fully saturated rings. The van der Waals surface area contributed by atoms with Crippen LogP contribution in [0, 0.1) is 5.41 Å². The zero-order chi connectivity index (χ0) is 17.8. The molecule has 1 saturated heterocycles. The summed E-state index contributed by atoms with van der Waals surface area (Å²) in [6.45, 7) is 3.76. The smallest absolute Gasteiger partial charge is 0.406 e. The van der Waals surface area contributed by atoms with Crippen LogP contribution in [0.4, 0.5) is 13.2 Å². The van der Waals surface area contributed by atoms with Crippen LogP contribution < -0.4 is 4.74 Å². The number of aliphatic hydroxyl groups is 2. The van der Waals surface area contributed by atoms with E-state index in [9.17, 15) is 23.4 Å². The molecule has 0 unspecified atom stereocenters. The molecule has 2 rings (SSSR count). The number of piperidine rings is 1. The predicted octanol–water partition coefficient (Wildman–Crippen LogP) is 2.93. The zero-order valence-electron chi connectivity index (χ0n) is 13.7. The van der Waals surface area contributed by atoms with Crippen LogP contribution in [-0.2, 0) is 6.54 Å². The fraction of sp³-hybridized carbons (Fsp3) is 0.647. The van der Waals surface area contributed by atoms with Crippen LogP contribution in [0.15, 0.2) is 24.3 Å².